The first kappa shape index (κ1) is 17.5. The van der Waals surface area contributed by atoms with Gasteiger partial charge in [-0.1, -0.05) is 0 Å². The number of nitrogens with one attached hydrogen (secondary N) is 1. The van der Waals surface area contributed by atoms with E-state index in [1.165, 1.54) is 18.2 Å². The van der Waals surface area contributed by atoms with Gasteiger partial charge in [0, 0.05) is 5.69 Å². The molecule has 3 N–H and O–H groups in total. The molecule has 21 heavy (non-hydrogen) atoms. The predicted molar refractivity (Wildman–Crippen MR) is 72.6 cm³/mol. The molecule has 0 aliphatic heterocycles. The maximum atomic E-state index is 11.8. The lowest BCUT2D eigenvalue weighted by atomic mass is 10.2. The molecule has 0 spiro atoms. The van der Waals surface area contributed by atoms with E-state index in [-0.39, 0.29) is 17.9 Å². The molecule has 1 aromatic rings. The highest BCUT2D eigenvalue weighted by Crippen LogP contribution is 2.19. The van der Waals surface area contributed by atoms with E-state index in [1.807, 2.05) is 0 Å². The van der Waals surface area contributed by atoms with Gasteiger partial charge in [-0.2, -0.15) is 0 Å². The number of amides is 1. The van der Waals surface area contributed by atoms with Crippen LogP contribution in [0.25, 0.3) is 0 Å². The minimum Gasteiger partial charge on any atom is -0.375 e. The molecule has 1 amide bonds. The Bertz CT molecular complexity index is 605. The van der Waals surface area contributed by atoms with Crippen LogP contribution in [0.5, 0.6) is 0 Å². The van der Waals surface area contributed by atoms with Crippen LogP contribution in [0.1, 0.15) is 12.0 Å². The SMILES string of the molecule is Cc1cc(S(N)(=O)=O)ccc1NC(=O)CCOCC(F)F. The zero-order valence-corrected chi connectivity index (χ0v) is 12.1. The molecule has 0 aliphatic carbocycles. The van der Waals surface area contributed by atoms with Crippen LogP contribution in [0.2, 0.25) is 0 Å². The number of sulfonamides is 1. The molecule has 9 heteroatoms. The molecule has 1 aromatic carbocycles. The summed E-state index contributed by atoms with van der Waals surface area (Å²) in [4.78, 5) is 11.5. The fourth-order valence-corrected chi connectivity index (χ4v) is 2.10. The fraction of sp³-hybridized carbons (Fsp3) is 0.417. The van der Waals surface area contributed by atoms with Gasteiger partial charge in [-0.25, -0.2) is 22.3 Å². The number of ether oxygens (including phenoxy) is 1. The third kappa shape index (κ3) is 6.15. The molecule has 0 unspecified atom stereocenters. The standard InChI is InChI=1S/C12H16F2N2O4S/c1-8-6-9(21(15,18)19)2-3-10(8)16-12(17)4-5-20-7-11(13)14/h2-3,6,11H,4-5,7H2,1H3,(H,16,17)(H2,15,18,19). The Hall–Kier alpha value is -1.58. The number of carbonyl (C=O) groups is 1. The number of hydrogen-bond acceptors (Lipinski definition) is 4. The van der Waals surface area contributed by atoms with E-state index in [1.54, 1.807) is 6.92 Å². The number of primary sulfonamides is 1. The van der Waals surface area contributed by atoms with Crippen LogP contribution in [-0.4, -0.2) is 34.0 Å². The van der Waals surface area contributed by atoms with Crippen molar-refractivity contribution in [3.63, 3.8) is 0 Å². The van der Waals surface area contributed by atoms with Crippen molar-refractivity contribution in [3.8, 4) is 0 Å². The maximum Gasteiger partial charge on any atom is 0.261 e. The van der Waals surface area contributed by atoms with E-state index in [4.69, 9.17) is 5.14 Å². The van der Waals surface area contributed by atoms with Gasteiger partial charge in [0.15, 0.2) is 0 Å². The molecule has 0 heterocycles. The van der Waals surface area contributed by atoms with Crippen molar-refractivity contribution in [1.82, 2.24) is 0 Å². The number of hydrogen-bond donors (Lipinski definition) is 2. The Balaban J connectivity index is 2.57. The number of rotatable bonds is 7. The van der Waals surface area contributed by atoms with Crippen molar-refractivity contribution in [3.05, 3.63) is 23.8 Å². The first-order chi connectivity index (χ1) is 9.70. The molecule has 0 aliphatic rings. The summed E-state index contributed by atoms with van der Waals surface area (Å²) in [6.07, 6.45) is -2.65. The van der Waals surface area contributed by atoms with Crippen molar-refractivity contribution in [2.24, 2.45) is 5.14 Å². The van der Waals surface area contributed by atoms with Gasteiger partial charge >= 0.3 is 0 Å². The van der Waals surface area contributed by atoms with Crippen molar-refractivity contribution in [2.75, 3.05) is 18.5 Å². The maximum absolute atomic E-state index is 11.8. The summed E-state index contributed by atoms with van der Waals surface area (Å²) in [5.74, 6) is -0.421. The van der Waals surface area contributed by atoms with E-state index in [9.17, 15) is 22.0 Å². The van der Waals surface area contributed by atoms with Gasteiger partial charge in [-0.3, -0.25) is 4.79 Å². The van der Waals surface area contributed by atoms with Crippen molar-refractivity contribution < 1.29 is 26.7 Å². The molecule has 0 aromatic heterocycles. The fourth-order valence-electron chi connectivity index (χ4n) is 1.50. The average Bonchev–Trinajstić information content (AvgIpc) is 2.35. The number of halogens is 2. The number of anilines is 1. The molecule has 0 bridgehead atoms. The van der Waals surface area contributed by atoms with Gasteiger partial charge in [-0.15, -0.1) is 0 Å². The molecular formula is C12H16F2N2O4S. The Morgan fingerprint density at radius 3 is 2.62 bits per heavy atom. The summed E-state index contributed by atoms with van der Waals surface area (Å²) >= 11 is 0. The lowest BCUT2D eigenvalue weighted by Gasteiger charge is -2.10. The summed E-state index contributed by atoms with van der Waals surface area (Å²) in [6, 6.07) is 4.01. The van der Waals surface area contributed by atoms with Gasteiger partial charge in [0.2, 0.25) is 15.9 Å². The normalized spacial score (nSPS) is 11.7. The molecule has 0 atom stereocenters. The minimum atomic E-state index is -3.80. The van der Waals surface area contributed by atoms with Crippen molar-refractivity contribution in [1.29, 1.82) is 0 Å². The second-order valence-electron chi connectivity index (χ2n) is 4.29. The first-order valence-electron chi connectivity index (χ1n) is 5.99. The van der Waals surface area contributed by atoms with Crippen LogP contribution in [0.15, 0.2) is 23.1 Å². The van der Waals surface area contributed by atoms with E-state index in [2.05, 4.69) is 10.1 Å². The number of benzene rings is 1. The number of nitrogens with two attached hydrogens (primary N) is 1. The summed E-state index contributed by atoms with van der Waals surface area (Å²) in [7, 11) is -3.80. The second kappa shape index (κ2) is 7.43. The smallest absolute Gasteiger partial charge is 0.261 e. The Morgan fingerprint density at radius 1 is 1.43 bits per heavy atom. The van der Waals surface area contributed by atoms with E-state index < -0.39 is 29.0 Å². The van der Waals surface area contributed by atoms with Gasteiger partial charge < -0.3 is 10.1 Å². The predicted octanol–water partition coefficient (Wildman–Crippen LogP) is 1.25. The molecule has 0 fully saturated rings. The molecule has 118 valence electrons. The van der Waals surface area contributed by atoms with Crippen molar-refractivity contribution >= 4 is 21.6 Å². The molecule has 0 saturated carbocycles. The van der Waals surface area contributed by atoms with Crippen LogP contribution in [-0.2, 0) is 19.6 Å². The second-order valence-corrected chi connectivity index (χ2v) is 5.85. The molecule has 0 saturated heterocycles. The summed E-state index contributed by atoms with van der Waals surface area (Å²) in [5, 5.41) is 7.52. The van der Waals surface area contributed by atoms with E-state index in [0.29, 0.717) is 11.3 Å². The Kier molecular flexibility index (Phi) is 6.19. The van der Waals surface area contributed by atoms with Gasteiger partial charge in [0.1, 0.15) is 6.61 Å². The number of carbonyl (C=O) groups excluding carboxylic acids is 1. The van der Waals surface area contributed by atoms with Crippen LogP contribution in [0.3, 0.4) is 0 Å². The highest BCUT2D eigenvalue weighted by molar-refractivity contribution is 7.89. The van der Waals surface area contributed by atoms with Gasteiger partial charge in [0.25, 0.3) is 6.43 Å². The zero-order valence-electron chi connectivity index (χ0n) is 11.3. The third-order valence-electron chi connectivity index (χ3n) is 2.52. The summed E-state index contributed by atoms with van der Waals surface area (Å²) < 4.78 is 50.5. The van der Waals surface area contributed by atoms with E-state index >= 15 is 0 Å². The van der Waals surface area contributed by atoms with Gasteiger partial charge in [-0.05, 0) is 30.7 Å². The monoisotopic (exact) mass is 322 g/mol. The lowest BCUT2D eigenvalue weighted by molar-refractivity contribution is -0.117. The average molecular weight is 322 g/mol. The van der Waals surface area contributed by atoms with Crippen LogP contribution in [0, 0.1) is 6.92 Å². The van der Waals surface area contributed by atoms with Gasteiger partial charge in [0.05, 0.1) is 17.9 Å². The first-order valence-corrected chi connectivity index (χ1v) is 7.54. The summed E-state index contributed by atoms with van der Waals surface area (Å²) in [5.41, 5.74) is 0.935. The lowest BCUT2D eigenvalue weighted by Crippen LogP contribution is -2.17. The summed E-state index contributed by atoms with van der Waals surface area (Å²) in [6.45, 7) is 0.775. The highest BCUT2D eigenvalue weighted by Gasteiger charge is 2.11. The molecule has 1 rings (SSSR count). The minimum absolute atomic E-state index is 0.0572. The van der Waals surface area contributed by atoms with Crippen LogP contribution < -0.4 is 10.5 Å². The quantitative estimate of drug-likeness (QED) is 0.738. The zero-order chi connectivity index (χ0) is 16.0. The molecule has 0 radical (unpaired) electrons. The highest BCUT2D eigenvalue weighted by atomic mass is 32.2. The third-order valence-corrected chi connectivity index (χ3v) is 3.43. The number of aryl methyl sites for hydroxylation is 1. The van der Waals surface area contributed by atoms with Crippen LogP contribution >= 0.6 is 0 Å². The van der Waals surface area contributed by atoms with Crippen LogP contribution in [0.4, 0.5) is 14.5 Å². The van der Waals surface area contributed by atoms with E-state index in [0.717, 1.165) is 0 Å². The Morgan fingerprint density at radius 2 is 2.10 bits per heavy atom. The van der Waals surface area contributed by atoms with Crippen molar-refractivity contribution in [2.45, 2.75) is 24.7 Å². The molecular weight excluding hydrogens is 306 g/mol. The Labute approximate surface area is 121 Å². The molecule has 6 nitrogen and oxygen atoms in total. The topological polar surface area (TPSA) is 98.5 Å². The largest absolute Gasteiger partial charge is 0.375 e. The number of alkyl halides is 2.